The highest BCUT2D eigenvalue weighted by Gasteiger charge is 2.44. The van der Waals surface area contributed by atoms with Crippen LogP contribution >= 0.6 is 22.6 Å². The zero-order valence-electron chi connectivity index (χ0n) is 13.0. The van der Waals surface area contributed by atoms with Gasteiger partial charge in [-0.25, -0.2) is 0 Å². The Labute approximate surface area is 138 Å². The first-order valence-corrected chi connectivity index (χ1v) is 9.88. The molecule has 1 N–H and O–H groups in total. The molecule has 2 fully saturated rings. The van der Waals surface area contributed by atoms with E-state index in [1.54, 1.807) is 0 Å². The number of rotatable bonds is 7. The highest BCUT2D eigenvalue weighted by molar-refractivity contribution is 14.1. The summed E-state index contributed by atoms with van der Waals surface area (Å²) in [7, 11) is 0. The van der Waals surface area contributed by atoms with Crippen LogP contribution in [-0.2, 0) is 0 Å². The van der Waals surface area contributed by atoms with Crippen molar-refractivity contribution >= 4 is 22.6 Å². The smallest absolute Gasteiger partial charge is 0.0756 e. The second-order valence-corrected chi connectivity index (χ2v) is 7.95. The van der Waals surface area contributed by atoms with Gasteiger partial charge in [-0.1, -0.05) is 80.9 Å². The van der Waals surface area contributed by atoms with Gasteiger partial charge in [0, 0.05) is 0 Å². The zero-order chi connectivity index (χ0) is 14.4. The van der Waals surface area contributed by atoms with Crippen molar-refractivity contribution in [3.8, 4) is 0 Å². The predicted molar refractivity (Wildman–Crippen MR) is 95.0 cm³/mol. The normalized spacial score (nSPS) is 33.2. The SMILES string of the molecule is CCC1(CCCC2CCCCC2)CC(C(O)/C=C/I)C1. The Balaban J connectivity index is 1.68. The maximum atomic E-state index is 10.0. The first-order chi connectivity index (χ1) is 9.69. The van der Waals surface area contributed by atoms with Crippen LogP contribution in [0.4, 0.5) is 0 Å². The van der Waals surface area contributed by atoms with Crippen molar-refractivity contribution in [2.45, 2.75) is 83.7 Å². The lowest BCUT2D eigenvalue weighted by molar-refractivity contribution is -0.0240. The molecule has 1 nitrogen and oxygen atoms in total. The zero-order valence-corrected chi connectivity index (χ0v) is 15.1. The summed E-state index contributed by atoms with van der Waals surface area (Å²) >= 11 is 2.20. The van der Waals surface area contributed by atoms with Crippen molar-refractivity contribution in [1.82, 2.24) is 0 Å². The molecule has 0 aliphatic heterocycles. The molecule has 2 aliphatic rings. The molecular formula is C18H31IO. The van der Waals surface area contributed by atoms with Gasteiger partial charge >= 0.3 is 0 Å². The lowest BCUT2D eigenvalue weighted by atomic mass is 9.57. The minimum atomic E-state index is -0.204. The lowest BCUT2D eigenvalue weighted by Gasteiger charge is -2.49. The molecule has 2 rings (SSSR count). The molecule has 0 aromatic carbocycles. The van der Waals surface area contributed by atoms with Crippen molar-refractivity contribution < 1.29 is 5.11 Å². The molecule has 0 amide bonds. The van der Waals surface area contributed by atoms with E-state index in [0.717, 1.165) is 5.92 Å². The molecule has 1 atom stereocenters. The van der Waals surface area contributed by atoms with Crippen molar-refractivity contribution in [2.24, 2.45) is 17.3 Å². The van der Waals surface area contributed by atoms with E-state index >= 15 is 0 Å². The fourth-order valence-electron chi connectivity index (χ4n) is 4.44. The maximum absolute atomic E-state index is 10.0. The molecule has 20 heavy (non-hydrogen) atoms. The molecule has 116 valence electrons. The number of halogens is 1. The molecule has 0 bridgehead atoms. The summed E-state index contributed by atoms with van der Waals surface area (Å²) in [6, 6.07) is 0. The Morgan fingerprint density at radius 3 is 2.55 bits per heavy atom. The van der Waals surface area contributed by atoms with Crippen LogP contribution in [0.25, 0.3) is 0 Å². The number of aliphatic hydroxyl groups is 1. The van der Waals surface area contributed by atoms with Crippen molar-refractivity contribution in [3.63, 3.8) is 0 Å². The van der Waals surface area contributed by atoms with Gasteiger partial charge in [0.05, 0.1) is 6.10 Å². The van der Waals surface area contributed by atoms with Crippen molar-refractivity contribution in [3.05, 3.63) is 10.2 Å². The first kappa shape index (κ1) is 16.8. The van der Waals surface area contributed by atoms with Crippen LogP contribution in [0.3, 0.4) is 0 Å². The summed E-state index contributed by atoms with van der Waals surface area (Å²) in [5.41, 5.74) is 0.569. The van der Waals surface area contributed by atoms with E-state index in [4.69, 9.17) is 0 Å². The van der Waals surface area contributed by atoms with Crippen LogP contribution in [0.15, 0.2) is 10.2 Å². The Bertz CT molecular complexity index is 301. The van der Waals surface area contributed by atoms with Crippen LogP contribution in [0.2, 0.25) is 0 Å². The van der Waals surface area contributed by atoms with Crippen LogP contribution < -0.4 is 0 Å². The number of hydrogen-bond acceptors (Lipinski definition) is 1. The van der Waals surface area contributed by atoms with Gasteiger partial charge < -0.3 is 5.11 Å². The minimum absolute atomic E-state index is 0.204. The Kier molecular flexibility index (Phi) is 6.86. The second-order valence-electron chi connectivity index (χ2n) is 7.23. The molecule has 1 unspecified atom stereocenters. The summed E-state index contributed by atoms with van der Waals surface area (Å²) in [4.78, 5) is 0. The summed E-state index contributed by atoms with van der Waals surface area (Å²) in [6.45, 7) is 2.34. The van der Waals surface area contributed by atoms with Crippen molar-refractivity contribution in [2.75, 3.05) is 0 Å². The summed E-state index contributed by atoms with van der Waals surface area (Å²) in [5, 5.41) is 10.0. The molecule has 0 radical (unpaired) electrons. The van der Waals surface area contributed by atoms with Gasteiger partial charge in [0.1, 0.15) is 0 Å². The average Bonchev–Trinajstić information content (AvgIpc) is 2.43. The highest BCUT2D eigenvalue weighted by Crippen LogP contribution is 2.53. The van der Waals surface area contributed by atoms with Gasteiger partial charge in [0.25, 0.3) is 0 Å². The van der Waals surface area contributed by atoms with E-state index in [-0.39, 0.29) is 6.10 Å². The third-order valence-corrected chi connectivity index (χ3v) is 6.35. The van der Waals surface area contributed by atoms with E-state index in [1.807, 2.05) is 10.2 Å². The van der Waals surface area contributed by atoms with Gasteiger partial charge in [0.2, 0.25) is 0 Å². The van der Waals surface area contributed by atoms with Crippen LogP contribution in [-0.4, -0.2) is 11.2 Å². The lowest BCUT2D eigenvalue weighted by Crippen LogP contribution is -2.42. The van der Waals surface area contributed by atoms with E-state index in [0.29, 0.717) is 11.3 Å². The quantitative estimate of drug-likeness (QED) is 0.541. The Morgan fingerprint density at radius 1 is 1.25 bits per heavy atom. The molecule has 0 saturated heterocycles. The van der Waals surface area contributed by atoms with E-state index in [9.17, 15) is 5.11 Å². The molecule has 2 saturated carbocycles. The average molecular weight is 390 g/mol. The molecule has 0 spiro atoms. The monoisotopic (exact) mass is 390 g/mol. The van der Waals surface area contributed by atoms with Gasteiger partial charge in [0.15, 0.2) is 0 Å². The van der Waals surface area contributed by atoms with Crippen LogP contribution in [0.5, 0.6) is 0 Å². The molecule has 2 aliphatic carbocycles. The maximum Gasteiger partial charge on any atom is 0.0756 e. The molecular weight excluding hydrogens is 359 g/mol. The van der Waals surface area contributed by atoms with E-state index < -0.39 is 0 Å². The number of aliphatic hydroxyl groups excluding tert-OH is 1. The Morgan fingerprint density at radius 2 is 1.95 bits per heavy atom. The standard InChI is InChI=1S/C18H31IO/c1-2-18(13-16(14-18)17(20)10-12-19)11-6-9-15-7-4-3-5-8-15/h10,12,15-17,20H,2-9,11,13-14H2,1H3/b12-10+. The van der Waals surface area contributed by atoms with E-state index in [2.05, 4.69) is 29.5 Å². The Hall–Kier alpha value is 0.430. The molecule has 0 heterocycles. The molecule has 2 heteroatoms. The van der Waals surface area contributed by atoms with Crippen LogP contribution in [0.1, 0.15) is 77.6 Å². The summed E-state index contributed by atoms with van der Waals surface area (Å²) in [5.74, 6) is 1.55. The fraction of sp³-hybridized carbons (Fsp3) is 0.889. The third-order valence-electron chi connectivity index (χ3n) is 5.94. The summed E-state index contributed by atoms with van der Waals surface area (Å²) in [6.07, 6.45) is 17.2. The predicted octanol–water partition coefficient (Wildman–Crippen LogP) is 5.85. The third kappa shape index (κ3) is 4.46. The fourth-order valence-corrected chi connectivity index (χ4v) is 4.86. The minimum Gasteiger partial charge on any atom is -0.389 e. The van der Waals surface area contributed by atoms with Crippen LogP contribution in [0, 0.1) is 17.3 Å². The highest BCUT2D eigenvalue weighted by atomic mass is 127. The van der Waals surface area contributed by atoms with Gasteiger partial charge in [-0.3, -0.25) is 0 Å². The summed E-state index contributed by atoms with van der Waals surface area (Å²) < 4.78 is 1.96. The van der Waals surface area contributed by atoms with Crippen molar-refractivity contribution in [1.29, 1.82) is 0 Å². The number of hydrogen-bond donors (Lipinski definition) is 1. The first-order valence-electron chi connectivity index (χ1n) is 8.64. The van der Waals surface area contributed by atoms with E-state index in [1.165, 1.54) is 70.6 Å². The van der Waals surface area contributed by atoms with Gasteiger partial charge in [-0.2, -0.15) is 0 Å². The largest absolute Gasteiger partial charge is 0.389 e. The topological polar surface area (TPSA) is 20.2 Å². The van der Waals surface area contributed by atoms with Gasteiger partial charge in [-0.15, -0.1) is 0 Å². The molecule has 0 aromatic heterocycles. The molecule has 0 aromatic rings. The van der Waals surface area contributed by atoms with Gasteiger partial charge in [-0.05, 0) is 46.7 Å². The second kappa shape index (κ2) is 8.17.